The summed E-state index contributed by atoms with van der Waals surface area (Å²) in [6.07, 6.45) is 0.628. The van der Waals surface area contributed by atoms with E-state index in [1.807, 2.05) is 24.3 Å². The first-order valence-electron chi connectivity index (χ1n) is 6.80. The lowest BCUT2D eigenvalue weighted by atomic mass is 9.89. The van der Waals surface area contributed by atoms with Crippen LogP contribution in [-0.4, -0.2) is 24.6 Å². The maximum Gasteiger partial charge on any atom is 0.173 e. The highest BCUT2D eigenvalue weighted by Crippen LogP contribution is 2.31. The largest absolute Gasteiger partial charge is 0.508 e. The number of aromatic hydroxyl groups is 1. The van der Waals surface area contributed by atoms with Gasteiger partial charge in [-0.2, -0.15) is 0 Å². The SMILES string of the molecule is COc1ccc(C[C@@H]2COc3cc(O)ccc3C2=O)cc1. The van der Waals surface area contributed by atoms with Crippen molar-refractivity contribution in [1.29, 1.82) is 0 Å². The second-order valence-corrected chi connectivity index (χ2v) is 5.10. The monoisotopic (exact) mass is 284 g/mol. The number of hydrogen-bond acceptors (Lipinski definition) is 4. The highest BCUT2D eigenvalue weighted by Gasteiger charge is 2.29. The van der Waals surface area contributed by atoms with E-state index in [4.69, 9.17) is 9.47 Å². The summed E-state index contributed by atoms with van der Waals surface area (Å²) in [5, 5.41) is 9.42. The number of rotatable bonds is 3. The van der Waals surface area contributed by atoms with E-state index in [1.54, 1.807) is 13.2 Å². The molecule has 0 aliphatic carbocycles. The molecular formula is C17H16O4. The van der Waals surface area contributed by atoms with Gasteiger partial charge in [0.25, 0.3) is 0 Å². The van der Waals surface area contributed by atoms with E-state index in [0.29, 0.717) is 24.3 Å². The maximum absolute atomic E-state index is 12.5. The number of phenols is 1. The van der Waals surface area contributed by atoms with Gasteiger partial charge in [-0.25, -0.2) is 0 Å². The molecule has 2 aromatic carbocycles. The van der Waals surface area contributed by atoms with E-state index in [9.17, 15) is 9.90 Å². The number of benzene rings is 2. The fourth-order valence-electron chi connectivity index (χ4n) is 2.52. The lowest BCUT2D eigenvalue weighted by molar-refractivity contribution is 0.0830. The molecule has 4 heteroatoms. The Morgan fingerprint density at radius 3 is 2.71 bits per heavy atom. The lowest BCUT2D eigenvalue weighted by Gasteiger charge is -2.24. The molecule has 2 aromatic rings. The standard InChI is InChI=1S/C17H16O4/c1-20-14-5-2-11(3-6-14)8-12-10-21-16-9-13(18)4-7-15(16)17(12)19/h2-7,9,12,18H,8,10H2,1H3/t12-/m1/s1. The van der Waals surface area contributed by atoms with Crippen LogP contribution in [0.1, 0.15) is 15.9 Å². The van der Waals surface area contributed by atoms with Gasteiger partial charge in [-0.15, -0.1) is 0 Å². The van der Waals surface area contributed by atoms with Crippen molar-refractivity contribution >= 4 is 5.78 Å². The number of hydrogen-bond donors (Lipinski definition) is 1. The first-order valence-corrected chi connectivity index (χ1v) is 6.80. The van der Waals surface area contributed by atoms with Crippen molar-refractivity contribution in [3.05, 3.63) is 53.6 Å². The molecule has 4 nitrogen and oxygen atoms in total. The summed E-state index contributed by atoms with van der Waals surface area (Å²) in [7, 11) is 1.62. The third-order valence-corrected chi connectivity index (χ3v) is 3.68. The molecule has 3 rings (SSSR count). The number of ketones is 1. The summed E-state index contributed by atoms with van der Waals surface area (Å²) in [5.41, 5.74) is 1.61. The van der Waals surface area contributed by atoms with E-state index in [1.165, 1.54) is 12.1 Å². The average molecular weight is 284 g/mol. The van der Waals surface area contributed by atoms with Crippen LogP contribution in [-0.2, 0) is 6.42 Å². The zero-order valence-electron chi connectivity index (χ0n) is 11.7. The topological polar surface area (TPSA) is 55.8 Å². The molecule has 0 radical (unpaired) electrons. The predicted octanol–water partition coefficient (Wildman–Crippen LogP) is 2.83. The van der Waals surface area contributed by atoms with E-state index in [2.05, 4.69) is 0 Å². The van der Waals surface area contributed by atoms with Gasteiger partial charge >= 0.3 is 0 Å². The Morgan fingerprint density at radius 2 is 2.00 bits per heavy atom. The Bertz CT molecular complexity index is 661. The molecule has 0 saturated heterocycles. The molecule has 0 saturated carbocycles. The fraction of sp³-hybridized carbons (Fsp3) is 0.235. The Labute approximate surface area is 122 Å². The molecule has 0 aromatic heterocycles. The summed E-state index contributed by atoms with van der Waals surface area (Å²) in [4.78, 5) is 12.5. The molecular weight excluding hydrogens is 268 g/mol. The first kappa shape index (κ1) is 13.5. The zero-order valence-corrected chi connectivity index (χ0v) is 11.7. The summed E-state index contributed by atoms with van der Waals surface area (Å²) in [5.74, 6) is 1.23. The van der Waals surface area contributed by atoms with E-state index < -0.39 is 0 Å². The van der Waals surface area contributed by atoms with Crippen LogP contribution in [0.4, 0.5) is 0 Å². The second kappa shape index (κ2) is 5.48. The van der Waals surface area contributed by atoms with Gasteiger partial charge in [0.15, 0.2) is 5.78 Å². The van der Waals surface area contributed by atoms with Crippen molar-refractivity contribution in [2.24, 2.45) is 5.92 Å². The van der Waals surface area contributed by atoms with Crippen molar-refractivity contribution in [3.63, 3.8) is 0 Å². The molecule has 108 valence electrons. The summed E-state index contributed by atoms with van der Waals surface area (Å²) >= 11 is 0. The number of Topliss-reactive ketones (excluding diaryl/α,β-unsaturated/α-hetero) is 1. The maximum atomic E-state index is 12.5. The van der Waals surface area contributed by atoms with Crippen molar-refractivity contribution < 1.29 is 19.4 Å². The number of phenolic OH excluding ortho intramolecular Hbond substituents is 1. The van der Waals surface area contributed by atoms with Crippen LogP contribution in [0.25, 0.3) is 0 Å². The Hall–Kier alpha value is -2.49. The predicted molar refractivity (Wildman–Crippen MR) is 78.1 cm³/mol. The molecule has 21 heavy (non-hydrogen) atoms. The van der Waals surface area contributed by atoms with E-state index in [-0.39, 0.29) is 17.5 Å². The molecule has 1 atom stereocenters. The van der Waals surface area contributed by atoms with Crippen LogP contribution < -0.4 is 9.47 Å². The number of ether oxygens (including phenoxy) is 2. The molecule has 0 fully saturated rings. The molecule has 1 aliphatic rings. The molecule has 1 heterocycles. The van der Waals surface area contributed by atoms with Crippen molar-refractivity contribution in [1.82, 2.24) is 0 Å². The Morgan fingerprint density at radius 1 is 1.24 bits per heavy atom. The smallest absolute Gasteiger partial charge is 0.173 e. The number of carbonyl (C=O) groups excluding carboxylic acids is 1. The normalized spacial score (nSPS) is 17.0. The van der Waals surface area contributed by atoms with E-state index in [0.717, 1.165) is 11.3 Å². The number of carbonyl (C=O) groups is 1. The average Bonchev–Trinajstić information content (AvgIpc) is 2.51. The first-order chi connectivity index (χ1) is 10.2. The quantitative estimate of drug-likeness (QED) is 0.941. The highest BCUT2D eigenvalue weighted by atomic mass is 16.5. The second-order valence-electron chi connectivity index (χ2n) is 5.10. The van der Waals surface area contributed by atoms with Gasteiger partial charge in [-0.05, 0) is 36.2 Å². The molecule has 1 N–H and O–H groups in total. The minimum absolute atomic E-state index is 0.0621. The molecule has 0 spiro atoms. The van der Waals surface area contributed by atoms with Crippen molar-refractivity contribution in [2.75, 3.05) is 13.7 Å². The Kier molecular flexibility index (Phi) is 3.52. The minimum Gasteiger partial charge on any atom is -0.508 e. The van der Waals surface area contributed by atoms with Crippen molar-refractivity contribution in [2.45, 2.75) is 6.42 Å². The van der Waals surface area contributed by atoms with Gasteiger partial charge in [-0.1, -0.05) is 12.1 Å². The summed E-state index contributed by atoms with van der Waals surface area (Å²) in [6.45, 7) is 0.335. The van der Waals surface area contributed by atoms with Gasteiger partial charge < -0.3 is 14.6 Å². The highest BCUT2D eigenvalue weighted by molar-refractivity contribution is 6.01. The molecule has 0 bridgehead atoms. The zero-order chi connectivity index (χ0) is 14.8. The van der Waals surface area contributed by atoms with Crippen LogP contribution in [0, 0.1) is 5.92 Å². The number of fused-ring (bicyclic) bond motifs is 1. The minimum atomic E-state index is -0.199. The van der Waals surface area contributed by atoms with Crippen LogP contribution in [0.3, 0.4) is 0 Å². The van der Waals surface area contributed by atoms with Gasteiger partial charge in [0, 0.05) is 6.07 Å². The van der Waals surface area contributed by atoms with Crippen LogP contribution in [0.5, 0.6) is 17.2 Å². The van der Waals surface area contributed by atoms with Gasteiger partial charge in [0.2, 0.25) is 0 Å². The third kappa shape index (κ3) is 2.70. The summed E-state index contributed by atoms with van der Waals surface area (Å²) < 4.78 is 10.7. The van der Waals surface area contributed by atoms with Gasteiger partial charge in [0.05, 0.1) is 25.2 Å². The van der Waals surface area contributed by atoms with Gasteiger partial charge in [0.1, 0.15) is 17.2 Å². The summed E-state index contributed by atoms with van der Waals surface area (Å²) in [6, 6.07) is 12.3. The molecule has 0 unspecified atom stereocenters. The third-order valence-electron chi connectivity index (χ3n) is 3.68. The Balaban J connectivity index is 1.78. The molecule has 1 aliphatic heterocycles. The van der Waals surface area contributed by atoms with Gasteiger partial charge in [-0.3, -0.25) is 4.79 Å². The fourth-order valence-corrected chi connectivity index (χ4v) is 2.52. The van der Waals surface area contributed by atoms with Crippen LogP contribution in [0.2, 0.25) is 0 Å². The van der Waals surface area contributed by atoms with Crippen LogP contribution in [0.15, 0.2) is 42.5 Å². The van der Waals surface area contributed by atoms with Crippen molar-refractivity contribution in [3.8, 4) is 17.2 Å². The van der Waals surface area contributed by atoms with Crippen LogP contribution >= 0.6 is 0 Å². The number of methoxy groups -OCH3 is 1. The van der Waals surface area contributed by atoms with E-state index >= 15 is 0 Å². The molecule has 0 amide bonds. The lowest BCUT2D eigenvalue weighted by Crippen LogP contribution is -2.29.